The van der Waals surface area contributed by atoms with Gasteiger partial charge in [-0.1, -0.05) is 26.0 Å². The van der Waals surface area contributed by atoms with Crippen LogP contribution < -0.4 is 10.2 Å². The van der Waals surface area contributed by atoms with Crippen LogP contribution in [0.4, 0.5) is 10.1 Å². The van der Waals surface area contributed by atoms with Crippen molar-refractivity contribution >= 4 is 23.5 Å². The van der Waals surface area contributed by atoms with Gasteiger partial charge in [-0.15, -0.1) is 0 Å². The number of morpholine rings is 1. The van der Waals surface area contributed by atoms with E-state index in [1.54, 1.807) is 12.1 Å². The number of hydrogen-bond donors (Lipinski definition) is 3. The van der Waals surface area contributed by atoms with E-state index in [4.69, 9.17) is 19.9 Å². The number of aliphatic carboxylic acids is 1. The van der Waals surface area contributed by atoms with Crippen LogP contribution >= 0.6 is 0 Å². The number of hydrogen-bond acceptors (Lipinski definition) is 8. The van der Waals surface area contributed by atoms with Crippen LogP contribution in [0.5, 0.6) is 0 Å². The average molecular weight is 614 g/mol. The fraction of sp³-hybridized carbons (Fsp3) is 0.562. The van der Waals surface area contributed by atoms with Gasteiger partial charge in [0.2, 0.25) is 11.8 Å². The first kappa shape index (κ1) is 33.4. The zero-order valence-electron chi connectivity index (χ0n) is 26.1. The largest absolute Gasteiger partial charge is 0.479 e. The van der Waals surface area contributed by atoms with E-state index in [0.29, 0.717) is 26.1 Å². The molecular weight excluding hydrogens is 569 g/mol. The standard InChI is InChI=1S/C29H38FN5O3.C3H6O3/c1-19-13-33(24(12-31-19)15-34-14-20(2)38-17-27(34)37)16-26(36)35-18-29(3,4)28-25(35)10-22(11-32-28)9-21-5-7-23(30)8-6-21;1-2(4)3(5)6/h5-8,10-11,19-20,24,31H,9,12-18H2,1-4H3;2,4H,1H3,(H,5,6)/t19-,20+,24-;/m1./s1. The molecule has 11 nitrogen and oxygen atoms in total. The summed E-state index contributed by atoms with van der Waals surface area (Å²) in [4.78, 5) is 46.5. The number of piperazine rings is 1. The Balaban J connectivity index is 0.000000670. The molecule has 5 rings (SSSR count). The van der Waals surface area contributed by atoms with Crippen molar-refractivity contribution in [1.82, 2.24) is 20.1 Å². The van der Waals surface area contributed by atoms with E-state index in [1.807, 2.05) is 22.9 Å². The number of aliphatic hydroxyl groups is 1. The molecule has 2 amide bonds. The third-order valence-electron chi connectivity index (χ3n) is 8.21. The van der Waals surface area contributed by atoms with Crippen molar-refractivity contribution in [2.24, 2.45) is 0 Å². The van der Waals surface area contributed by atoms with E-state index >= 15 is 0 Å². The Morgan fingerprint density at radius 2 is 1.86 bits per heavy atom. The highest BCUT2D eigenvalue weighted by Gasteiger charge is 2.41. The maximum absolute atomic E-state index is 13.8. The van der Waals surface area contributed by atoms with E-state index in [-0.39, 0.29) is 54.4 Å². The predicted molar refractivity (Wildman–Crippen MR) is 163 cm³/mol. The number of amides is 2. The summed E-state index contributed by atoms with van der Waals surface area (Å²) in [5, 5.41) is 19.3. The van der Waals surface area contributed by atoms with Gasteiger partial charge in [0, 0.05) is 56.4 Å². The van der Waals surface area contributed by atoms with E-state index in [0.717, 1.165) is 35.6 Å². The maximum Gasteiger partial charge on any atom is 0.332 e. The average Bonchev–Trinajstić information content (AvgIpc) is 3.23. The van der Waals surface area contributed by atoms with Crippen LogP contribution in [0.15, 0.2) is 36.5 Å². The summed E-state index contributed by atoms with van der Waals surface area (Å²) in [6.07, 6.45) is 1.27. The molecule has 12 heteroatoms. The molecule has 2 fully saturated rings. The number of nitrogens with one attached hydrogen (secondary N) is 1. The number of carbonyl (C=O) groups is 3. The topological polar surface area (TPSA) is 136 Å². The Morgan fingerprint density at radius 1 is 1.18 bits per heavy atom. The monoisotopic (exact) mass is 613 g/mol. The highest BCUT2D eigenvalue weighted by atomic mass is 19.1. The van der Waals surface area contributed by atoms with Gasteiger partial charge in [-0.05, 0) is 56.5 Å². The Hall–Kier alpha value is -3.45. The van der Waals surface area contributed by atoms with Crippen molar-refractivity contribution in [3.63, 3.8) is 0 Å². The number of aliphatic hydroxyl groups excluding tert-OH is 1. The van der Waals surface area contributed by atoms with E-state index in [2.05, 4.69) is 37.1 Å². The number of fused-ring (bicyclic) bond motifs is 1. The first-order valence-corrected chi connectivity index (χ1v) is 15.1. The van der Waals surface area contributed by atoms with Crippen molar-refractivity contribution < 1.29 is 33.7 Å². The van der Waals surface area contributed by atoms with E-state index < -0.39 is 12.1 Å². The van der Waals surface area contributed by atoms with Gasteiger partial charge < -0.3 is 30.1 Å². The van der Waals surface area contributed by atoms with Gasteiger partial charge in [0.1, 0.15) is 18.5 Å². The van der Waals surface area contributed by atoms with Crippen LogP contribution in [-0.4, -0.2) is 113 Å². The molecule has 3 aliphatic heterocycles. The minimum atomic E-state index is -1.23. The quantitative estimate of drug-likeness (QED) is 0.427. The van der Waals surface area contributed by atoms with Crippen molar-refractivity contribution in [3.05, 3.63) is 59.2 Å². The molecule has 240 valence electrons. The summed E-state index contributed by atoms with van der Waals surface area (Å²) in [6.45, 7) is 13.1. The molecule has 2 aromatic rings. The maximum atomic E-state index is 13.8. The SMILES string of the molecule is CC(O)C(=O)O.C[C@@H]1CN(CC(=O)N2CC(C)(C)c3ncc(Cc4ccc(F)cc4)cc32)[C@@H](CN2C[C@H](C)OCC2=O)CN1. The molecule has 3 aliphatic rings. The molecule has 4 heterocycles. The third-order valence-corrected chi connectivity index (χ3v) is 8.21. The second kappa shape index (κ2) is 14.1. The number of aromatic nitrogens is 1. The molecule has 4 atom stereocenters. The van der Waals surface area contributed by atoms with Gasteiger partial charge in [0.05, 0.1) is 24.0 Å². The number of nitrogens with zero attached hydrogens (tertiary/aromatic N) is 4. The lowest BCUT2D eigenvalue weighted by molar-refractivity contribution is -0.149. The molecule has 2 saturated heterocycles. The number of carbonyl (C=O) groups excluding carboxylic acids is 2. The number of carboxylic acid groups (broad SMARTS) is 1. The lowest BCUT2D eigenvalue weighted by Crippen LogP contribution is -2.62. The Labute approximate surface area is 258 Å². The third kappa shape index (κ3) is 8.38. The smallest absolute Gasteiger partial charge is 0.332 e. The number of benzene rings is 1. The molecule has 0 bridgehead atoms. The summed E-state index contributed by atoms with van der Waals surface area (Å²) < 4.78 is 18.8. The molecule has 0 aliphatic carbocycles. The van der Waals surface area contributed by atoms with Crippen LogP contribution in [-0.2, 0) is 31.0 Å². The molecular formula is C32H44FN5O6. The first-order chi connectivity index (χ1) is 20.7. The van der Waals surface area contributed by atoms with Crippen molar-refractivity contribution in [3.8, 4) is 0 Å². The van der Waals surface area contributed by atoms with Gasteiger partial charge in [0.15, 0.2) is 0 Å². The minimum Gasteiger partial charge on any atom is -0.479 e. The lowest BCUT2D eigenvalue weighted by atomic mass is 9.91. The zero-order chi connectivity index (χ0) is 32.2. The molecule has 0 spiro atoms. The zero-order valence-corrected chi connectivity index (χ0v) is 26.1. The minimum absolute atomic E-state index is 0.00276. The van der Waals surface area contributed by atoms with Crippen LogP contribution in [0, 0.1) is 5.82 Å². The molecule has 0 saturated carbocycles. The van der Waals surface area contributed by atoms with Crippen LogP contribution in [0.3, 0.4) is 0 Å². The van der Waals surface area contributed by atoms with Crippen molar-refractivity contribution in [2.45, 2.75) is 70.7 Å². The molecule has 3 N–H and O–H groups in total. The van der Waals surface area contributed by atoms with Crippen molar-refractivity contribution in [1.29, 1.82) is 0 Å². The summed E-state index contributed by atoms with van der Waals surface area (Å²) >= 11 is 0. The molecule has 44 heavy (non-hydrogen) atoms. The van der Waals surface area contributed by atoms with Gasteiger partial charge in [-0.2, -0.15) is 0 Å². The van der Waals surface area contributed by atoms with Gasteiger partial charge in [-0.3, -0.25) is 19.5 Å². The Kier molecular flexibility index (Phi) is 10.7. The van der Waals surface area contributed by atoms with Gasteiger partial charge in [-0.25, -0.2) is 9.18 Å². The summed E-state index contributed by atoms with van der Waals surface area (Å²) in [6, 6.07) is 8.84. The molecule has 0 radical (unpaired) electrons. The second-order valence-electron chi connectivity index (χ2n) is 12.7. The second-order valence-corrected chi connectivity index (χ2v) is 12.7. The fourth-order valence-electron chi connectivity index (χ4n) is 5.80. The number of pyridine rings is 1. The number of rotatable bonds is 7. The van der Waals surface area contributed by atoms with E-state index in [1.165, 1.54) is 19.1 Å². The molecule has 1 unspecified atom stereocenters. The van der Waals surface area contributed by atoms with Gasteiger partial charge >= 0.3 is 5.97 Å². The fourth-order valence-corrected chi connectivity index (χ4v) is 5.80. The van der Waals surface area contributed by atoms with Crippen LogP contribution in [0.2, 0.25) is 0 Å². The highest BCUT2D eigenvalue weighted by Crippen LogP contribution is 2.39. The van der Waals surface area contributed by atoms with Crippen LogP contribution in [0.1, 0.15) is 51.4 Å². The van der Waals surface area contributed by atoms with E-state index in [9.17, 15) is 18.8 Å². The number of anilines is 1. The Bertz CT molecular complexity index is 1340. The molecule has 1 aromatic heterocycles. The summed E-state index contributed by atoms with van der Waals surface area (Å²) in [7, 11) is 0. The molecule has 1 aromatic carbocycles. The Morgan fingerprint density at radius 3 is 2.52 bits per heavy atom. The number of halogens is 1. The normalized spacial score (nSPS) is 23.9. The van der Waals surface area contributed by atoms with Crippen LogP contribution in [0.25, 0.3) is 0 Å². The first-order valence-electron chi connectivity index (χ1n) is 15.1. The number of ether oxygens (including phenoxy) is 1. The van der Waals surface area contributed by atoms with Gasteiger partial charge in [0.25, 0.3) is 0 Å². The highest BCUT2D eigenvalue weighted by molar-refractivity contribution is 5.97. The van der Waals surface area contributed by atoms with Crippen molar-refractivity contribution in [2.75, 3.05) is 50.8 Å². The summed E-state index contributed by atoms with van der Waals surface area (Å²) in [5.41, 5.74) is 3.50. The summed E-state index contributed by atoms with van der Waals surface area (Å²) in [5.74, 6) is -1.40. The lowest BCUT2D eigenvalue weighted by Gasteiger charge is -2.42. The number of carboxylic acids is 1. The predicted octanol–water partition coefficient (Wildman–Crippen LogP) is 1.80.